The third-order valence-corrected chi connectivity index (χ3v) is 2.75. The van der Waals surface area contributed by atoms with Crippen LogP contribution in [-0.2, 0) is 14.3 Å². The van der Waals surface area contributed by atoms with Gasteiger partial charge in [-0.25, -0.2) is 4.79 Å². The van der Waals surface area contributed by atoms with Gasteiger partial charge in [-0.3, -0.25) is 4.79 Å². The monoisotopic (exact) mass is 245 g/mol. The van der Waals surface area contributed by atoms with Crippen LogP contribution in [0.3, 0.4) is 0 Å². The number of carboxylic acid groups (broad SMARTS) is 1. The van der Waals surface area contributed by atoms with E-state index < -0.39 is 24.0 Å². The van der Waals surface area contributed by atoms with Gasteiger partial charge in [0, 0.05) is 6.61 Å². The average Bonchev–Trinajstić information content (AvgIpc) is 2.26. The SMILES string of the molecule is C[C@@H](O)[C@H](NC(=O)CC1CCCCO1)C(=O)O. The van der Waals surface area contributed by atoms with Crippen LogP contribution < -0.4 is 5.32 Å². The Kier molecular flexibility index (Phi) is 5.37. The van der Waals surface area contributed by atoms with Gasteiger partial charge in [-0.15, -0.1) is 0 Å². The van der Waals surface area contributed by atoms with Crippen molar-refractivity contribution in [2.45, 2.75) is 50.9 Å². The number of aliphatic carboxylic acids is 1. The number of rotatable bonds is 5. The highest BCUT2D eigenvalue weighted by Crippen LogP contribution is 2.15. The predicted molar refractivity (Wildman–Crippen MR) is 59.5 cm³/mol. The first-order valence-electron chi connectivity index (χ1n) is 5.82. The van der Waals surface area contributed by atoms with E-state index in [0.29, 0.717) is 6.61 Å². The third-order valence-electron chi connectivity index (χ3n) is 2.75. The van der Waals surface area contributed by atoms with Gasteiger partial charge in [0.05, 0.1) is 18.6 Å². The lowest BCUT2D eigenvalue weighted by Crippen LogP contribution is -2.48. The van der Waals surface area contributed by atoms with Gasteiger partial charge in [0.25, 0.3) is 0 Å². The fourth-order valence-electron chi connectivity index (χ4n) is 1.80. The maximum absolute atomic E-state index is 11.6. The highest BCUT2D eigenvalue weighted by molar-refractivity contribution is 5.84. The molecule has 1 unspecified atom stereocenters. The molecule has 1 saturated heterocycles. The fraction of sp³-hybridized carbons (Fsp3) is 0.818. The van der Waals surface area contributed by atoms with Crippen LogP contribution in [-0.4, -0.2) is 46.9 Å². The molecule has 0 bridgehead atoms. The van der Waals surface area contributed by atoms with E-state index in [9.17, 15) is 14.7 Å². The molecule has 0 aromatic carbocycles. The van der Waals surface area contributed by atoms with Gasteiger partial charge in [0.1, 0.15) is 0 Å². The number of carboxylic acids is 1. The van der Waals surface area contributed by atoms with E-state index >= 15 is 0 Å². The number of aliphatic hydroxyl groups is 1. The Morgan fingerprint density at radius 3 is 2.65 bits per heavy atom. The quantitative estimate of drug-likeness (QED) is 0.628. The van der Waals surface area contributed by atoms with E-state index in [1.165, 1.54) is 6.92 Å². The summed E-state index contributed by atoms with van der Waals surface area (Å²) in [5.74, 6) is -1.64. The molecule has 17 heavy (non-hydrogen) atoms. The number of aliphatic hydroxyl groups excluding tert-OH is 1. The molecule has 1 heterocycles. The molecular formula is C11H19NO5. The molecule has 1 amide bonds. The molecule has 0 aromatic rings. The normalized spacial score (nSPS) is 23.8. The minimum atomic E-state index is -1.26. The smallest absolute Gasteiger partial charge is 0.328 e. The summed E-state index contributed by atoms with van der Waals surface area (Å²) in [6.07, 6.45) is 1.74. The summed E-state index contributed by atoms with van der Waals surface area (Å²) in [4.78, 5) is 22.3. The number of amides is 1. The van der Waals surface area contributed by atoms with Crippen molar-refractivity contribution in [1.82, 2.24) is 5.32 Å². The van der Waals surface area contributed by atoms with Gasteiger partial charge in [0.15, 0.2) is 6.04 Å². The Balaban J connectivity index is 2.38. The molecule has 1 aliphatic rings. The zero-order valence-corrected chi connectivity index (χ0v) is 9.89. The molecule has 3 N–H and O–H groups in total. The summed E-state index contributed by atoms with van der Waals surface area (Å²) in [7, 11) is 0. The zero-order chi connectivity index (χ0) is 12.8. The van der Waals surface area contributed by atoms with Gasteiger partial charge < -0.3 is 20.3 Å². The Morgan fingerprint density at radius 2 is 2.18 bits per heavy atom. The van der Waals surface area contributed by atoms with Gasteiger partial charge in [-0.05, 0) is 26.2 Å². The topological polar surface area (TPSA) is 95.9 Å². The lowest BCUT2D eigenvalue weighted by molar-refractivity contribution is -0.145. The molecule has 6 nitrogen and oxygen atoms in total. The molecule has 0 spiro atoms. The largest absolute Gasteiger partial charge is 0.480 e. The van der Waals surface area contributed by atoms with Crippen LogP contribution in [0, 0.1) is 0 Å². The van der Waals surface area contributed by atoms with Crippen molar-refractivity contribution >= 4 is 11.9 Å². The first-order chi connectivity index (χ1) is 8.00. The molecule has 0 aromatic heterocycles. The van der Waals surface area contributed by atoms with Crippen LogP contribution >= 0.6 is 0 Å². The van der Waals surface area contributed by atoms with Crippen molar-refractivity contribution in [3.8, 4) is 0 Å². The average molecular weight is 245 g/mol. The first kappa shape index (κ1) is 13.9. The van der Waals surface area contributed by atoms with Crippen molar-refractivity contribution < 1.29 is 24.5 Å². The zero-order valence-electron chi connectivity index (χ0n) is 9.89. The first-order valence-corrected chi connectivity index (χ1v) is 5.82. The van der Waals surface area contributed by atoms with E-state index in [2.05, 4.69) is 5.32 Å². The van der Waals surface area contributed by atoms with Crippen LogP contribution in [0.15, 0.2) is 0 Å². The van der Waals surface area contributed by atoms with Gasteiger partial charge >= 0.3 is 5.97 Å². The third kappa shape index (κ3) is 4.70. The second-order valence-electron chi connectivity index (χ2n) is 4.32. The molecular weight excluding hydrogens is 226 g/mol. The number of hydrogen-bond donors (Lipinski definition) is 3. The van der Waals surface area contributed by atoms with E-state index in [1.54, 1.807) is 0 Å². The van der Waals surface area contributed by atoms with Gasteiger partial charge in [-0.2, -0.15) is 0 Å². The van der Waals surface area contributed by atoms with E-state index in [-0.39, 0.29) is 12.5 Å². The van der Waals surface area contributed by atoms with Crippen LogP contribution in [0.25, 0.3) is 0 Å². The maximum Gasteiger partial charge on any atom is 0.328 e. The molecule has 98 valence electrons. The van der Waals surface area contributed by atoms with Crippen molar-refractivity contribution in [3.05, 3.63) is 0 Å². The minimum Gasteiger partial charge on any atom is -0.480 e. The molecule has 6 heteroatoms. The van der Waals surface area contributed by atoms with Gasteiger partial charge in [-0.1, -0.05) is 0 Å². The molecule has 1 rings (SSSR count). The van der Waals surface area contributed by atoms with Crippen molar-refractivity contribution in [1.29, 1.82) is 0 Å². The second kappa shape index (κ2) is 6.56. The number of hydrogen-bond acceptors (Lipinski definition) is 4. The number of nitrogens with one attached hydrogen (secondary N) is 1. The van der Waals surface area contributed by atoms with Crippen LogP contribution in [0.2, 0.25) is 0 Å². The molecule has 0 saturated carbocycles. The number of ether oxygens (including phenoxy) is 1. The molecule has 1 aliphatic heterocycles. The van der Waals surface area contributed by atoms with Crippen LogP contribution in [0.5, 0.6) is 0 Å². The Labute approximate surface area is 100.0 Å². The molecule has 3 atom stereocenters. The van der Waals surface area contributed by atoms with E-state index in [4.69, 9.17) is 9.84 Å². The lowest BCUT2D eigenvalue weighted by Gasteiger charge is -2.23. The summed E-state index contributed by atoms with van der Waals surface area (Å²) < 4.78 is 5.38. The number of carbonyl (C=O) groups is 2. The second-order valence-corrected chi connectivity index (χ2v) is 4.32. The van der Waals surface area contributed by atoms with Crippen LogP contribution in [0.1, 0.15) is 32.6 Å². The van der Waals surface area contributed by atoms with Crippen molar-refractivity contribution in [2.24, 2.45) is 0 Å². The van der Waals surface area contributed by atoms with E-state index in [0.717, 1.165) is 19.3 Å². The Hall–Kier alpha value is -1.14. The Bertz CT molecular complexity index is 273. The fourth-order valence-corrected chi connectivity index (χ4v) is 1.80. The highest BCUT2D eigenvalue weighted by atomic mass is 16.5. The predicted octanol–water partition coefficient (Wildman–Crippen LogP) is -0.104. The van der Waals surface area contributed by atoms with Crippen molar-refractivity contribution in [3.63, 3.8) is 0 Å². The summed E-state index contributed by atoms with van der Waals surface area (Å²) >= 11 is 0. The standard InChI is InChI=1S/C11H19NO5/c1-7(13)10(11(15)16)12-9(14)6-8-4-2-3-5-17-8/h7-8,10,13H,2-6H2,1H3,(H,12,14)(H,15,16)/t7-,8?,10+/m1/s1. The van der Waals surface area contributed by atoms with Crippen molar-refractivity contribution in [2.75, 3.05) is 6.61 Å². The minimum absolute atomic E-state index is 0.132. The van der Waals surface area contributed by atoms with Crippen LogP contribution in [0.4, 0.5) is 0 Å². The van der Waals surface area contributed by atoms with E-state index in [1.807, 2.05) is 0 Å². The summed E-state index contributed by atoms with van der Waals surface area (Å²) in [5, 5.41) is 20.3. The molecule has 0 aliphatic carbocycles. The summed E-state index contributed by atoms with van der Waals surface area (Å²) in [5.41, 5.74) is 0. The highest BCUT2D eigenvalue weighted by Gasteiger charge is 2.26. The Morgan fingerprint density at radius 1 is 1.47 bits per heavy atom. The molecule has 0 radical (unpaired) electrons. The maximum atomic E-state index is 11.6. The lowest BCUT2D eigenvalue weighted by atomic mass is 10.1. The summed E-state index contributed by atoms with van der Waals surface area (Å²) in [6, 6.07) is -1.26. The van der Waals surface area contributed by atoms with Gasteiger partial charge in [0.2, 0.25) is 5.91 Å². The summed E-state index contributed by atoms with van der Waals surface area (Å²) in [6.45, 7) is 1.98. The number of carbonyl (C=O) groups excluding carboxylic acids is 1. The molecule has 1 fully saturated rings.